The van der Waals surface area contributed by atoms with Gasteiger partial charge in [-0.25, -0.2) is 0 Å². The molecule has 0 spiro atoms. The summed E-state index contributed by atoms with van der Waals surface area (Å²) in [6.45, 7) is 0. The lowest BCUT2D eigenvalue weighted by Gasteiger charge is -2.29. The number of anilines is 1. The third kappa shape index (κ3) is 3.76. The lowest BCUT2D eigenvalue weighted by Crippen LogP contribution is -2.54. The van der Waals surface area contributed by atoms with E-state index in [1.165, 1.54) is 25.2 Å². The van der Waals surface area contributed by atoms with E-state index in [0.717, 1.165) is 0 Å². The highest BCUT2D eigenvalue weighted by Crippen LogP contribution is 2.35. The van der Waals surface area contributed by atoms with Crippen LogP contribution in [0, 0.1) is 0 Å². The van der Waals surface area contributed by atoms with Crippen molar-refractivity contribution in [2.75, 3.05) is 19.1 Å². The summed E-state index contributed by atoms with van der Waals surface area (Å²) in [6.07, 6.45) is 1.45. The molecule has 2 aromatic rings. The molecule has 0 aromatic heterocycles. The standard InChI is InChI=1S/C19H14BrClN2O4S/c1-26-15-8-10(12(20)9-16(15)27-2)7-11-17(24)22-19(28)23(18(11)25)14-6-4-3-5-13(14)21/h3-9H,1-2H3,(H,22,24,28)/b11-7+. The van der Waals surface area contributed by atoms with Crippen LogP contribution in [0.3, 0.4) is 0 Å². The van der Waals surface area contributed by atoms with E-state index < -0.39 is 11.8 Å². The molecule has 2 aromatic carbocycles. The van der Waals surface area contributed by atoms with Crippen LogP contribution in [0.5, 0.6) is 11.5 Å². The van der Waals surface area contributed by atoms with Crippen molar-refractivity contribution in [1.29, 1.82) is 0 Å². The molecule has 1 aliphatic heterocycles. The number of hydrogen-bond donors (Lipinski definition) is 1. The van der Waals surface area contributed by atoms with E-state index in [1.54, 1.807) is 36.4 Å². The van der Waals surface area contributed by atoms with Gasteiger partial charge in [0.2, 0.25) is 0 Å². The molecule has 1 saturated heterocycles. The Hall–Kier alpha value is -2.42. The molecule has 0 aliphatic carbocycles. The van der Waals surface area contributed by atoms with Crippen molar-refractivity contribution in [2.45, 2.75) is 0 Å². The van der Waals surface area contributed by atoms with Gasteiger partial charge in [0.1, 0.15) is 5.57 Å². The Balaban J connectivity index is 2.09. The summed E-state index contributed by atoms with van der Waals surface area (Å²) in [5.74, 6) is -0.210. The highest BCUT2D eigenvalue weighted by Gasteiger charge is 2.35. The van der Waals surface area contributed by atoms with Gasteiger partial charge in [0.25, 0.3) is 11.8 Å². The Morgan fingerprint density at radius 2 is 1.79 bits per heavy atom. The quantitative estimate of drug-likeness (QED) is 0.407. The van der Waals surface area contributed by atoms with Crippen molar-refractivity contribution in [3.8, 4) is 11.5 Å². The molecule has 3 rings (SSSR count). The van der Waals surface area contributed by atoms with Crippen molar-refractivity contribution in [3.05, 3.63) is 57.0 Å². The molecule has 0 bridgehead atoms. The predicted molar refractivity (Wildman–Crippen MR) is 115 cm³/mol. The fraction of sp³-hybridized carbons (Fsp3) is 0.105. The molecular weight excluding hydrogens is 468 g/mol. The van der Waals surface area contributed by atoms with Gasteiger partial charge in [-0.15, -0.1) is 0 Å². The number of halogens is 2. The molecule has 0 radical (unpaired) electrons. The number of ether oxygens (including phenoxy) is 2. The van der Waals surface area contributed by atoms with E-state index in [0.29, 0.717) is 32.2 Å². The number of methoxy groups -OCH3 is 2. The van der Waals surface area contributed by atoms with Gasteiger partial charge in [-0.2, -0.15) is 0 Å². The molecule has 0 unspecified atom stereocenters. The first-order valence-corrected chi connectivity index (χ1v) is 9.52. The van der Waals surface area contributed by atoms with Gasteiger partial charge in [-0.3, -0.25) is 19.8 Å². The van der Waals surface area contributed by atoms with E-state index in [2.05, 4.69) is 21.2 Å². The van der Waals surface area contributed by atoms with E-state index in [1.807, 2.05) is 0 Å². The molecule has 144 valence electrons. The number of para-hydroxylation sites is 1. The van der Waals surface area contributed by atoms with Crippen LogP contribution in [0.1, 0.15) is 5.56 Å². The Bertz CT molecular complexity index is 1020. The minimum Gasteiger partial charge on any atom is -0.493 e. The van der Waals surface area contributed by atoms with Crippen LogP contribution in [0.2, 0.25) is 5.02 Å². The maximum atomic E-state index is 13.1. The van der Waals surface area contributed by atoms with Crippen LogP contribution in [-0.2, 0) is 9.59 Å². The maximum Gasteiger partial charge on any atom is 0.270 e. The monoisotopic (exact) mass is 480 g/mol. The molecule has 1 heterocycles. The number of hydrogen-bond acceptors (Lipinski definition) is 5. The average molecular weight is 482 g/mol. The molecule has 1 aliphatic rings. The summed E-state index contributed by atoms with van der Waals surface area (Å²) >= 11 is 14.8. The zero-order valence-corrected chi connectivity index (χ0v) is 17.9. The van der Waals surface area contributed by atoms with Crippen LogP contribution in [0.15, 0.2) is 46.4 Å². The number of amides is 2. The highest BCUT2D eigenvalue weighted by atomic mass is 79.9. The number of nitrogens with one attached hydrogen (secondary N) is 1. The smallest absolute Gasteiger partial charge is 0.270 e. The average Bonchev–Trinajstić information content (AvgIpc) is 2.67. The highest BCUT2D eigenvalue weighted by molar-refractivity contribution is 9.10. The van der Waals surface area contributed by atoms with Crippen LogP contribution >= 0.6 is 39.7 Å². The molecule has 2 amide bonds. The topological polar surface area (TPSA) is 67.9 Å². The summed E-state index contributed by atoms with van der Waals surface area (Å²) in [6, 6.07) is 10.1. The van der Waals surface area contributed by atoms with E-state index in [4.69, 9.17) is 33.3 Å². The summed E-state index contributed by atoms with van der Waals surface area (Å²) in [5.41, 5.74) is 0.848. The lowest BCUT2D eigenvalue weighted by atomic mass is 10.1. The fourth-order valence-electron chi connectivity index (χ4n) is 2.65. The van der Waals surface area contributed by atoms with Gasteiger partial charge in [0.05, 0.1) is 24.9 Å². The number of nitrogens with zero attached hydrogens (tertiary/aromatic N) is 1. The van der Waals surface area contributed by atoms with Gasteiger partial charge in [-0.05, 0) is 48.1 Å². The second-order valence-electron chi connectivity index (χ2n) is 5.64. The van der Waals surface area contributed by atoms with E-state index in [9.17, 15) is 9.59 Å². The number of rotatable bonds is 4. The molecule has 0 saturated carbocycles. The summed E-state index contributed by atoms with van der Waals surface area (Å²) < 4.78 is 11.2. The zero-order valence-electron chi connectivity index (χ0n) is 14.8. The molecule has 1 fully saturated rings. The largest absolute Gasteiger partial charge is 0.493 e. The molecular formula is C19H14BrClN2O4S. The van der Waals surface area contributed by atoms with Crippen molar-refractivity contribution in [1.82, 2.24) is 5.32 Å². The third-order valence-electron chi connectivity index (χ3n) is 4.00. The maximum absolute atomic E-state index is 13.1. The van der Waals surface area contributed by atoms with Gasteiger partial charge >= 0.3 is 0 Å². The van der Waals surface area contributed by atoms with Crippen LogP contribution in [-0.4, -0.2) is 31.1 Å². The summed E-state index contributed by atoms with van der Waals surface area (Å²) in [5, 5.41) is 2.82. The molecule has 9 heteroatoms. The second-order valence-corrected chi connectivity index (χ2v) is 7.29. The van der Waals surface area contributed by atoms with E-state index >= 15 is 0 Å². The van der Waals surface area contributed by atoms with Gasteiger partial charge in [-0.1, -0.05) is 39.7 Å². The Morgan fingerprint density at radius 3 is 2.43 bits per heavy atom. The number of thiocarbonyl (C=S) groups is 1. The number of benzene rings is 2. The summed E-state index contributed by atoms with van der Waals surface area (Å²) in [4.78, 5) is 26.7. The van der Waals surface area contributed by atoms with Gasteiger partial charge in [0.15, 0.2) is 16.6 Å². The van der Waals surface area contributed by atoms with E-state index in [-0.39, 0.29) is 10.7 Å². The lowest BCUT2D eigenvalue weighted by molar-refractivity contribution is -0.122. The molecule has 6 nitrogen and oxygen atoms in total. The predicted octanol–water partition coefficient (Wildman–Crippen LogP) is 3.95. The van der Waals surface area contributed by atoms with Crippen LogP contribution < -0.4 is 19.7 Å². The Kier molecular flexibility index (Phi) is 6.02. The first-order chi connectivity index (χ1) is 13.4. The van der Waals surface area contributed by atoms with Crippen molar-refractivity contribution >= 4 is 68.4 Å². The Morgan fingerprint density at radius 1 is 1.14 bits per heavy atom. The third-order valence-corrected chi connectivity index (χ3v) is 5.29. The first-order valence-electron chi connectivity index (χ1n) is 7.95. The number of carbonyl (C=O) groups excluding carboxylic acids is 2. The van der Waals surface area contributed by atoms with Crippen molar-refractivity contribution in [3.63, 3.8) is 0 Å². The molecule has 0 atom stereocenters. The molecule has 28 heavy (non-hydrogen) atoms. The van der Waals surface area contributed by atoms with Gasteiger partial charge < -0.3 is 9.47 Å². The first kappa shape index (κ1) is 20.3. The minimum absolute atomic E-state index is 0.0355. The second kappa shape index (κ2) is 8.30. The number of carbonyl (C=O) groups is 2. The van der Waals surface area contributed by atoms with Crippen LogP contribution in [0.4, 0.5) is 5.69 Å². The SMILES string of the molecule is COc1cc(Br)c(/C=C2\C(=O)NC(=S)N(c3ccccc3Cl)C2=O)cc1OC. The van der Waals surface area contributed by atoms with Crippen molar-refractivity contribution < 1.29 is 19.1 Å². The fourth-order valence-corrected chi connectivity index (χ4v) is 3.58. The minimum atomic E-state index is -0.597. The zero-order chi connectivity index (χ0) is 20.4. The van der Waals surface area contributed by atoms with Crippen molar-refractivity contribution in [2.24, 2.45) is 0 Å². The van der Waals surface area contributed by atoms with Crippen LogP contribution in [0.25, 0.3) is 6.08 Å². The molecule has 1 N–H and O–H groups in total. The normalized spacial score (nSPS) is 15.6. The Labute approximate surface area is 180 Å². The van der Waals surface area contributed by atoms with Gasteiger partial charge in [0, 0.05) is 4.47 Å². The summed E-state index contributed by atoms with van der Waals surface area (Å²) in [7, 11) is 3.02.